The fourth-order valence-corrected chi connectivity index (χ4v) is 2.17. The monoisotopic (exact) mass is 334 g/mol. The Morgan fingerprint density at radius 1 is 1.04 bits per heavy atom. The molecule has 2 aromatic carbocycles. The van der Waals surface area contributed by atoms with Gasteiger partial charge in [0.15, 0.2) is 0 Å². The fourth-order valence-electron chi connectivity index (χ4n) is 1.99. The molecule has 0 fully saturated rings. The third-order valence-electron chi connectivity index (χ3n) is 3.19. The largest absolute Gasteiger partial charge is 0.326 e. The molecule has 0 aliphatic carbocycles. The van der Waals surface area contributed by atoms with Crippen molar-refractivity contribution in [3.8, 4) is 0 Å². The molecule has 0 radical (unpaired) electrons. The lowest BCUT2D eigenvalue weighted by Gasteiger charge is -2.10. The van der Waals surface area contributed by atoms with E-state index in [4.69, 9.17) is 11.6 Å². The number of amides is 2. The highest BCUT2D eigenvalue weighted by Crippen LogP contribution is 2.20. The Hall–Kier alpha value is -2.40. The summed E-state index contributed by atoms with van der Waals surface area (Å²) in [6.45, 7) is 3.79. The van der Waals surface area contributed by atoms with Gasteiger partial charge in [-0.05, 0) is 49.2 Å². The van der Waals surface area contributed by atoms with Gasteiger partial charge < -0.3 is 10.6 Å². The molecule has 0 heterocycles. The van der Waals surface area contributed by atoms with E-state index in [1.807, 2.05) is 32.0 Å². The van der Waals surface area contributed by atoms with E-state index < -0.39 is 17.6 Å². The highest BCUT2D eigenvalue weighted by Gasteiger charge is 2.12. The van der Waals surface area contributed by atoms with Gasteiger partial charge >= 0.3 is 0 Å². The molecule has 0 spiro atoms. The molecule has 4 nitrogen and oxygen atoms in total. The zero-order valence-electron chi connectivity index (χ0n) is 12.7. The second-order valence-corrected chi connectivity index (χ2v) is 5.63. The van der Waals surface area contributed by atoms with Crippen LogP contribution >= 0.6 is 11.6 Å². The van der Waals surface area contributed by atoms with E-state index >= 15 is 0 Å². The van der Waals surface area contributed by atoms with Gasteiger partial charge in [0.25, 0.3) is 0 Å². The first-order valence-corrected chi connectivity index (χ1v) is 7.35. The lowest BCUT2D eigenvalue weighted by atomic mass is 10.1. The van der Waals surface area contributed by atoms with Crippen LogP contribution in [0.15, 0.2) is 36.4 Å². The summed E-state index contributed by atoms with van der Waals surface area (Å²) >= 11 is 5.64. The third-order valence-corrected chi connectivity index (χ3v) is 3.48. The van der Waals surface area contributed by atoms with Crippen molar-refractivity contribution >= 4 is 34.8 Å². The molecule has 120 valence electrons. The summed E-state index contributed by atoms with van der Waals surface area (Å²) in [6, 6.07) is 9.49. The van der Waals surface area contributed by atoms with Crippen LogP contribution in [-0.2, 0) is 9.59 Å². The van der Waals surface area contributed by atoms with E-state index in [9.17, 15) is 14.0 Å². The quantitative estimate of drug-likeness (QED) is 0.828. The molecule has 2 aromatic rings. The molecule has 0 saturated heterocycles. The van der Waals surface area contributed by atoms with Crippen LogP contribution in [0.4, 0.5) is 15.8 Å². The van der Waals surface area contributed by atoms with Crippen LogP contribution < -0.4 is 10.6 Å². The van der Waals surface area contributed by atoms with Crippen LogP contribution in [0.5, 0.6) is 0 Å². The zero-order chi connectivity index (χ0) is 17.0. The lowest BCUT2D eigenvalue weighted by Crippen LogP contribution is -2.21. The fraction of sp³-hybridized carbons (Fsp3) is 0.176. The standard InChI is InChI=1S/C17H16ClFN2O2/c1-10-3-4-11(2)15(7-10)21-17(23)9-16(22)20-12-5-6-14(19)13(18)8-12/h3-8H,9H2,1-2H3,(H,20,22)(H,21,23). The normalized spacial score (nSPS) is 10.3. The summed E-state index contributed by atoms with van der Waals surface area (Å²) in [5.74, 6) is -1.50. The highest BCUT2D eigenvalue weighted by molar-refractivity contribution is 6.31. The molecule has 2 rings (SSSR count). The van der Waals surface area contributed by atoms with Crippen LogP contribution in [0.1, 0.15) is 17.5 Å². The molecule has 0 aliphatic heterocycles. The first kappa shape index (κ1) is 17.0. The molecule has 0 bridgehead atoms. The summed E-state index contributed by atoms with van der Waals surface area (Å²) in [7, 11) is 0. The second kappa shape index (κ2) is 7.24. The van der Waals surface area contributed by atoms with Crippen molar-refractivity contribution in [3.05, 3.63) is 58.4 Å². The molecule has 2 N–H and O–H groups in total. The first-order valence-electron chi connectivity index (χ1n) is 6.97. The van der Waals surface area contributed by atoms with Gasteiger partial charge in [0.1, 0.15) is 12.2 Å². The number of carbonyl (C=O) groups excluding carboxylic acids is 2. The van der Waals surface area contributed by atoms with Crippen molar-refractivity contribution in [1.82, 2.24) is 0 Å². The minimum Gasteiger partial charge on any atom is -0.326 e. The third kappa shape index (κ3) is 4.79. The molecule has 0 aliphatic rings. The van der Waals surface area contributed by atoms with E-state index in [0.29, 0.717) is 11.4 Å². The Balaban J connectivity index is 1.95. The van der Waals surface area contributed by atoms with Crippen LogP contribution in [0.25, 0.3) is 0 Å². The number of aryl methyl sites for hydroxylation is 2. The van der Waals surface area contributed by atoms with Crippen LogP contribution in [0, 0.1) is 19.7 Å². The second-order valence-electron chi connectivity index (χ2n) is 5.22. The van der Waals surface area contributed by atoms with Crippen LogP contribution in [-0.4, -0.2) is 11.8 Å². The minimum absolute atomic E-state index is 0.0948. The summed E-state index contributed by atoms with van der Waals surface area (Å²) < 4.78 is 13.1. The van der Waals surface area contributed by atoms with Crippen molar-refractivity contribution in [2.45, 2.75) is 20.3 Å². The lowest BCUT2D eigenvalue weighted by molar-refractivity contribution is -0.123. The number of benzene rings is 2. The Labute approximate surface area is 138 Å². The Morgan fingerprint density at radius 2 is 1.74 bits per heavy atom. The molecular formula is C17H16ClFN2O2. The molecule has 2 amide bonds. The highest BCUT2D eigenvalue weighted by atomic mass is 35.5. The molecule has 23 heavy (non-hydrogen) atoms. The Bertz CT molecular complexity index is 762. The number of hydrogen-bond donors (Lipinski definition) is 2. The molecule has 0 aromatic heterocycles. The Morgan fingerprint density at radius 3 is 2.43 bits per heavy atom. The zero-order valence-corrected chi connectivity index (χ0v) is 13.5. The summed E-state index contributed by atoms with van der Waals surface area (Å²) in [6.07, 6.45) is -0.345. The maximum atomic E-state index is 13.1. The number of halogens is 2. The van der Waals surface area contributed by atoms with Crippen molar-refractivity contribution in [2.75, 3.05) is 10.6 Å². The smallest absolute Gasteiger partial charge is 0.233 e. The molecule has 0 saturated carbocycles. The number of anilines is 2. The van der Waals surface area contributed by atoms with Crippen molar-refractivity contribution in [2.24, 2.45) is 0 Å². The summed E-state index contributed by atoms with van der Waals surface area (Å²) in [5.41, 5.74) is 2.93. The van der Waals surface area contributed by atoms with Gasteiger partial charge in [-0.1, -0.05) is 23.7 Å². The van der Waals surface area contributed by atoms with Gasteiger partial charge in [-0.3, -0.25) is 9.59 Å². The maximum absolute atomic E-state index is 13.1. The number of rotatable bonds is 4. The Kier molecular flexibility index (Phi) is 5.34. The van der Waals surface area contributed by atoms with Crippen molar-refractivity contribution in [1.29, 1.82) is 0 Å². The minimum atomic E-state index is -0.572. The van der Waals surface area contributed by atoms with Gasteiger partial charge in [-0.2, -0.15) is 0 Å². The van der Waals surface area contributed by atoms with Crippen molar-refractivity contribution in [3.63, 3.8) is 0 Å². The van der Waals surface area contributed by atoms with E-state index in [1.54, 1.807) is 0 Å². The number of nitrogens with one attached hydrogen (secondary N) is 2. The predicted octanol–water partition coefficient (Wildman–Crippen LogP) is 4.06. The topological polar surface area (TPSA) is 58.2 Å². The van der Waals surface area contributed by atoms with Gasteiger partial charge in [-0.25, -0.2) is 4.39 Å². The maximum Gasteiger partial charge on any atom is 0.233 e. The van der Waals surface area contributed by atoms with Crippen LogP contribution in [0.3, 0.4) is 0 Å². The molecule has 6 heteroatoms. The molecule has 0 atom stereocenters. The van der Waals surface area contributed by atoms with E-state index in [-0.39, 0.29) is 11.4 Å². The van der Waals surface area contributed by atoms with Crippen molar-refractivity contribution < 1.29 is 14.0 Å². The van der Waals surface area contributed by atoms with Gasteiger partial charge in [0.2, 0.25) is 11.8 Å². The first-order chi connectivity index (χ1) is 10.8. The number of hydrogen-bond acceptors (Lipinski definition) is 2. The van der Waals surface area contributed by atoms with E-state index in [2.05, 4.69) is 10.6 Å². The van der Waals surface area contributed by atoms with Crippen LogP contribution in [0.2, 0.25) is 5.02 Å². The number of carbonyl (C=O) groups is 2. The van der Waals surface area contributed by atoms with E-state index in [1.165, 1.54) is 12.1 Å². The SMILES string of the molecule is Cc1ccc(C)c(NC(=O)CC(=O)Nc2ccc(F)c(Cl)c2)c1. The average molecular weight is 335 g/mol. The van der Waals surface area contributed by atoms with Gasteiger partial charge in [-0.15, -0.1) is 0 Å². The van der Waals surface area contributed by atoms with E-state index in [0.717, 1.165) is 17.2 Å². The molecule has 0 unspecified atom stereocenters. The summed E-state index contributed by atoms with van der Waals surface area (Å²) in [5, 5.41) is 5.11. The van der Waals surface area contributed by atoms with Gasteiger partial charge in [0, 0.05) is 11.4 Å². The molecular weight excluding hydrogens is 319 g/mol. The summed E-state index contributed by atoms with van der Waals surface area (Å²) in [4.78, 5) is 23.8. The van der Waals surface area contributed by atoms with Gasteiger partial charge in [0.05, 0.1) is 5.02 Å². The predicted molar refractivity (Wildman–Crippen MR) is 89.2 cm³/mol. The average Bonchev–Trinajstić information content (AvgIpc) is 2.46.